The third-order valence-electron chi connectivity index (χ3n) is 2.91. The number of methoxy groups -OCH3 is 1. The number of nitrogens with one attached hydrogen (secondary N) is 1. The molecule has 8 nitrogen and oxygen atoms in total. The van der Waals surface area contributed by atoms with E-state index in [1.54, 1.807) is 0 Å². The highest BCUT2D eigenvalue weighted by Gasteiger charge is 2.27. The second-order valence-electron chi connectivity index (χ2n) is 4.39. The van der Waals surface area contributed by atoms with Gasteiger partial charge in [-0.1, -0.05) is 6.08 Å². The predicted octanol–water partition coefficient (Wildman–Crippen LogP) is 1.53. The molecule has 0 aromatic heterocycles. The van der Waals surface area contributed by atoms with E-state index in [1.807, 2.05) is 0 Å². The third-order valence-corrected chi connectivity index (χ3v) is 4.90. The Morgan fingerprint density at radius 1 is 1.55 bits per heavy atom. The molecular formula is C13H16N2O6S. The molecule has 1 aromatic carbocycles. The van der Waals surface area contributed by atoms with E-state index in [0.717, 1.165) is 6.07 Å². The van der Waals surface area contributed by atoms with Crippen LogP contribution in [-0.2, 0) is 14.6 Å². The maximum atomic E-state index is 12.0. The Morgan fingerprint density at radius 3 is 2.68 bits per heavy atom. The lowest BCUT2D eigenvalue weighted by atomic mass is 10.2. The van der Waals surface area contributed by atoms with E-state index in [4.69, 9.17) is 4.74 Å². The van der Waals surface area contributed by atoms with E-state index in [2.05, 4.69) is 11.9 Å². The number of rotatable bonds is 7. The van der Waals surface area contributed by atoms with Gasteiger partial charge in [-0.05, 0) is 13.0 Å². The molecule has 9 heteroatoms. The Kier molecular flexibility index (Phi) is 5.63. The first-order valence-electron chi connectivity index (χ1n) is 6.18. The van der Waals surface area contributed by atoms with E-state index < -0.39 is 25.9 Å². The van der Waals surface area contributed by atoms with Crippen LogP contribution in [0.1, 0.15) is 6.92 Å². The van der Waals surface area contributed by atoms with Gasteiger partial charge >= 0.3 is 0 Å². The van der Waals surface area contributed by atoms with Crippen molar-refractivity contribution in [1.29, 1.82) is 0 Å². The van der Waals surface area contributed by atoms with Gasteiger partial charge in [-0.3, -0.25) is 14.9 Å². The van der Waals surface area contributed by atoms with Gasteiger partial charge in [0.25, 0.3) is 5.69 Å². The number of hydrogen-bond donors (Lipinski definition) is 1. The number of ether oxygens (including phenoxy) is 1. The van der Waals surface area contributed by atoms with Crippen LogP contribution in [0.15, 0.2) is 30.9 Å². The van der Waals surface area contributed by atoms with Crippen molar-refractivity contribution < 1.29 is 22.9 Å². The van der Waals surface area contributed by atoms with Crippen LogP contribution in [0.4, 0.5) is 11.4 Å². The van der Waals surface area contributed by atoms with Crippen LogP contribution >= 0.6 is 0 Å². The van der Waals surface area contributed by atoms with Crippen molar-refractivity contribution in [3.8, 4) is 5.75 Å². The van der Waals surface area contributed by atoms with Gasteiger partial charge in [-0.2, -0.15) is 0 Å². The number of anilines is 1. The summed E-state index contributed by atoms with van der Waals surface area (Å²) in [7, 11) is -2.35. The Labute approximate surface area is 127 Å². The summed E-state index contributed by atoms with van der Waals surface area (Å²) >= 11 is 0. The summed E-state index contributed by atoms with van der Waals surface area (Å²) < 4.78 is 28.6. The number of nitro groups is 1. The lowest BCUT2D eigenvalue weighted by molar-refractivity contribution is -0.384. The summed E-state index contributed by atoms with van der Waals surface area (Å²) in [6, 6.07) is 3.63. The van der Waals surface area contributed by atoms with Gasteiger partial charge in [0.15, 0.2) is 9.84 Å². The molecule has 1 unspecified atom stereocenters. The Bertz CT molecular complexity index is 698. The van der Waals surface area contributed by atoms with Crippen LogP contribution in [0.5, 0.6) is 5.75 Å². The zero-order valence-electron chi connectivity index (χ0n) is 12.1. The number of carbonyl (C=O) groups excluding carboxylic acids is 1. The van der Waals surface area contributed by atoms with Crippen molar-refractivity contribution in [1.82, 2.24) is 0 Å². The van der Waals surface area contributed by atoms with Gasteiger partial charge in [-0.15, -0.1) is 6.58 Å². The van der Waals surface area contributed by atoms with E-state index in [0.29, 0.717) is 0 Å². The number of amides is 1. The minimum atomic E-state index is -3.68. The van der Waals surface area contributed by atoms with Crippen molar-refractivity contribution >= 4 is 27.1 Å². The summed E-state index contributed by atoms with van der Waals surface area (Å²) in [5.74, 6) is -0.957. The first-order chi connectivity index (χ1) is 10.2. The standard InChI is InChI=1S/C13H16N2O6S/c1-4-7-22(19,20)9(2)13(16)14-11-8-10(15(17)18)5-6-12(11)21-3/h4-6,8-9H,1,7H2,2-3H3,(H,14,16). The first-order valence-corrected chi connectivity index (χ1v) is 7.90. The quantitative estimate of drug-likeness (QED) is 0.461. The van der Waals surface area contributed by atoms with Crippen LogP contribution in [-0.4, -0.2) is 37.4 Å². The minimum Gasteiger partial charge on any atom is -0.495 e. The molecular weight excluding hydrogens is 312 g/mol. The number of benzene rings is 1. The molecule has 1 N–H and O–H groups in total. The molecule has 0 heterocycles. The average Bonchev–Trinajstić information content (AvgIpc) is 2.46. The summed E-state index contributed by atoms with van der Waals surface area (Å²) in [6.45, 7) is 4.56. The average molecular weight is 328 g/mol. The fraction of sp³-hybridized carbons (Fsp3) is 0.308. The van der Waals surface area contributed by atoms with Crippen LogP contribution in [0.25, 0.3) is 0 Å². The molecule has 22 heavy (non-hydrogen) atoms. The SMILES string of the molecule is C=CCS(=O)(=O)C(C)C(=O)Nc1cc([N+](=O)[O-])ccc1OC. The topological polar surface area (TPSA) is 116 Å². The summed E-state index contributed by atoms with van der Waals surface area (Å²) in [5, 5.41) is 11.8. The van der Waals surface area contributed by atoms with Gasteiger partial charge in [0.05, 0.1) is 23.5 Å². The minimum absolute atomic E-state index is 0.0300. The number of nitrogens with zero attached hydrogens (tertiary/aromatic N) is 1. The van der Waals surface area contributed by atoms with E-state index >= 15 is 0 Å². The van der Waals surface area contributed by atoms with Crippen LogP contribution in [0.2, 0.25) is 0 Å². The Balaban J connectivity index is 3.08. The third kappa shape index (κ3) is 4.04. The fourth-order valence-corrected chi connectivity index (χ4v) is 2.62. The monoisotopic (exact) mass is 328 g/mol. The van der Waals surface area contributed by atoms with Crippen molar-refractivity contribution in [2.75, 3.05) is 18.2 Å². The van der Waals surface area contributed by atoms with Crippen molar-refractivity contribution in [2.24, 2.45) is 0 Å². The van der Waals surface area contributed by atoms with Crippen molar-refractivity contribution in [3.05, 3.63) is 41.0 Å². The molecule has 0 fully saturated rings. The van der Waals surface area contributed by atoms with E-state index in [9.17, 15) is 23.3 Å². The highest BCUT2D eigenvalue weighted by Crippen LogP contribution is 2.29. The molecule has 0 aliphatic carbocycles. The fourth-order valence-electron chi connectivity index (χ4n) is 1.61. The Hall–Kier alpha value is -2.42. The van der Waals surface area contributed by atoms with Gasteiger partial charge in [0.1, 0.15) is 11.0 Å². The molecule has 0 aliphatic rings. The second kappa shape index (κ2) is 7.03. The van der Waals surface area contributed by atoms with Crippen molar-refractivity contribution in [2.45, 2.75) is 12.2 Å². The lowest BCUT2D eigenvalue weighted by Crippen LogP contribution is -2.33. The van der Waals surface area contributed by atoms with Gasteiger partial charge < -0.3 is 10.1 Å². The molecule has 0 saturated heterocycles. The second-order valence-corrected chi connectivity index (χ2v) is 6.76. The summed E-state index contributed by atoms with van der Waals surface area (Å²) in [6.07, 6.45) is 1.19. The molecule has 0 saturated carbocycles. The number of carbonyl (C=O) groups is 1. The zero-order valence-corrected chi connectivity index (χ0v) is 12.9. The zero-order chi connectivity index (χ0) is 16.9. The van der Waals surface area contributed by atoms with Gasteiger partial charge in [0, 0.05) is 12.1 Å². The van der Waals surface area contributed by atoms with Crippen LogP contribution < -0.4 is 10.1 Å². The smallest absolute Gasteiger partial charge is 0.271 e. The maximum absolute atomic E-state index is 12.0. The molecule has 0 bridgehead atoms. The lowest BCUT2D eigenvalue weighted by Gasteiger charge is -2.14. The first kappa shape index (κ1) is 17.6. The maximum Gasteiger partial charge on any atom is 0.271 e. The van der Waals surface area contributed by atoms with Gasteiger partial charge in [-0.25, -0.2) is 8.42 Å². The normalized spacial score (nSPS) is 12.3. The van der Waals surface area contributed by atoms with E-state index in [1.165, 1.54) is 32.2 Å². The number of hydrogen-bond acceptors (Lipinski definition) is 6. The van der Waals surface area contributed by atoms with E-state index in [-0.39, 0.29) is 22.9 Å². The molecule has 1 atom stereocenters. The molecule has 0 spiro atoms. The highest BCUT2D eigenvalue weighted by molar-refractivity contribution is 7.92. The predicted molar refractivity (Wildman–Crippen MR) is 81.7 cm³/mol. The molecule has 0 aliphatic heterocycles. The highest BCUT2D eigenvalue weighted by atomic mass is 32.2. The van der Waals surface area contributed by atoms with Gasteiger partial charge in [0.2, 0.25) is 5.91 Å². The van der Waals surface area contributed by atoms with Crippen LogP contribution in [0.3, 0.4) is 0 Å². The Morgan fingerprint density at radius 2 is 2.18 bits per heavy atom. The number of non-ortho nitro benzene ring substituents is 1. The van der Waals surface area contributed by atoms with Crippen LogP contribution in [0, 0.1) is 10.1 Å². The molecule has 1 amide bonds. The number of nitro benzene ring substituents is 1. The molecule has 120 valence electrons. The molecule has 1 aromatic rings. The van der Waals surface area contributed by atoms with Crippen molar-refractivity contribution in [3.63, 3.8) is 0 Å². The summed E-state index contributed by atoms with van der Waals surface area (Å²) in [5.41, 5.74) is -0.222. The molecule has 1 rings (SSSR count). The number of sulfone groups is 1. The summed E-state index contributed by atoms with van der Waals surface area (Å²) in [4.78, 5) is 22.2. The molecule has 0 radical (unpaired) electrons. The largest absolute Gasteiger partial charge is 0.495 e.